The lowest BCUT2D eigenvalue weighted by molar-refractivity contribution is -0.0229. The molecule has 0 saturated carbocycles. The summed E-state index contributed by atoms with van der Waals surface area (Å²) >= 11 is 0. The number of nitrogens with one attached hydrogen (secondary N) is 1. The van der Waals surface area contributed by atoms with Crippen LogP contribution >= 0.6 is 37.2 Å². The Labute approximate surface area is 191 Å². The van der Waals surface area contributed by atoms with Gasteiger partial charge in [-0.15, -0.1) is 37.2 Å². The minimum absolute atomic E-state index is 0. The number of likely N-dealkylation sites (N-methyl/N-ethyl adjacent to an activating group) is 1. The number of aliphatic hydroxyl groups is 2. The maximum Gasteiger partial charge on any atom is 0.109 e. The highest BCUT2D eigenvalue weighted by atomic mass is 35.5. The first-order valence-corrected chi connectivity index (χ1v) is 9.54. The van der Waals surface area contributed by atoms with E-state index < -0.39 is 12.2 Å². The molecule has 3 rings (SSSR count). The van der Waals surface area contributed by atoms with Crippen molar-refractivity contribution in [3.05, 3.63) is 30.1 Å². The Balaban J connectivity index is 0.00000261. The van der Waals surface area contributed by atoms with Gasteiger partial charge in [0.25, 0.3) is 0 Å². The van der Waals surface area contributed by atoms with Crippen molar-refractivity contribution in [3.63, 3.8) is 0 Å². The number of aliphatic hydroxyl groups excluding tert-OH is 2. The van der Waals surface area contributed by atoms with Crippen molar-refractivity contribution in [2.24, 2.45) is 0 Å². The second-order valence-electron chi connectivity index (χ2n) is 7.22. The molecule has 0 aliphatic carbocycles. The lowest BCUT2D eigenvalue weighted by atomic mass is 10.0. The van der Waals surface area contributed by atoms with Crippen molar-refractivity contribution in [2.45, 2.75) is 49.7 Å². The molecule has 7 nitrogen and oxygen atoms in total. The van der Waals surface area contributed by atoms with Gasteiger partial charge >= 0.3 is 0 Å². The molecule has 0 amide bonds. The Bertz CT molecular complexity index is 541. The first-order valence-electron chi connectivity index (χ1n) is 9.54. The van der Waals surface area contributed by atoms with E-state index in [0.717, 1.165) is 44.7 Å². The molecule has 2 aliphatic heterocycles. The van der Waals surface area contributed by atoms with Gasteiger partial charge < -0.3 is 25.0 Å². The average molecular weight is 475 g/mol. The molecular weight excluding hydrogens is 441 g/mol. The van der Waals surface area contributed by atoms with Crippen molar-refractivity contribution < 1.29 is 19.7 Å². The Hall–Kier alpha value is -0.220. The normalized spacial score (nSPS) is 27.0. The number of ether oxygens (including phenoxy) is 2. The molecule has 170 valence electrons. The number of hydrogen-bond donors (Lipinski definition) is 3. The van der Waals surface area contributed by atoms with Gasteiger partial charge in [0.15, 0.2) is 0 Å². The van der Waals surface area contributed by atoms with Gasteiger partial charge in [-0.25, -0.2) is 0 Å². The quantitative estimate of drug-likeness (QED) is 0.520. The summed E-state index contributed by atoms with van der Waals surface area (Å²) in [6.07, 6.45) is 3.22. The average Bonchev–Trinajstić information content (AvgIpc) is 3.01. The van der Waals surface area contributed by atoms with Gasteiger partial charge in [-0.05, 0) is 32.0 Å². The van der Waals surface area contributed by atoms with Crippen LogP contribution in [0.2, 0.25) is 0 Å². The largest absolute Gasteiger partial charge is 0.394 e. The van der Waals surface area contributed by atoms with E-state index in [9.17, 15) is 10.2 Å². The number of aromatic nitrogens is 1. The van der Waals surface area contributed by atoms with E-state index in [2.05, 4.69) is 15.2 Å². The van der Waals surface area contributed by atoms with Crippen LogP contribution in [0.25, 0.3) is 0 Å². The van der Waals surface area contributed by atoms with Crippen LogP contribution in [0.1, 0.15) is 18.5 Å². The van der Waals surface area contributed by atoms with E-state index in [1.165, 1.54) is 0 Å². The lowest BCUT2D eigenvalue weighted by Gasteiger charge is -2.32. The highest BCUT2D eigenvalue weighted by Gasteiger charge is 2.45. The standard InChI is InChI=1S/C19H31N3O4.3ClH/c1-22(9-5-14-4-2-3-8-20-14)18-16(26-17(13-23)19(18)24)12-21-15-6-10-25-11-7-15;;;/h2-4,8,15-19,21,23-24H,5-7,9-13H2,1H3;3*1H/t16-,17+,18+,19-;;;/m1.../s1. The highest BCUT2D eigenvalue weighted by Crippen LogP contribution is 2.25. The number of nitrogens with zero attached hydrogens (tertiary/aromatic N) is 2. The SMILES string of the molecule is CN(CCc1ccccn1)[C@@H]1[C@H](O)[C@H](CO)O[C@@H]1CNC1CCOCC1.Cl.Cl.Cl. The molecule has 1 aromatic rings. The highest BCUT2D eigenvalue weighted by molar-refractivity contribution is 5.86. The van der Waals surface area contributed by atoms with Crippen LogP contribution in [-0.2, 0) is 15.9 Å². The van der Waals surface area contributed by atoms with Crippen molar-refractivity contribution in [2.75, 3.05) is 40.0 Å². The van der Waals surface area contributed by atoms with E-state index in [-0.39, 0.29) is 56.0 Å². The lowest BCUT2D eigenvalue weighted by Crippen LogP contribution is -2.51. The molecule has 29 heavy (non-hydrogen) atoms. The molecule has 0 unspecified atom stereocenters. The van der Waals surface area contributed by atoms with E-state index >= 15 is 0 Å². The Morgan fingerprint density at radius 2 is 1.90 bits per heavy atom. The van der Waals surface area contributed by atoms with E-state index in [4.69, 9.17) is 9.47 Å². The van der Waals surface area contributed by atoms with Gasteiger partial charge in [-0.1, -0.05) is 6.07 Å². The van der Waals surface area contributed by atoms with Gasteiger partial charge in [-0.3, -0.25) is 9.88 Å². The second kappa shape index (κ2) is 14.7. The molecule has 10 heteroatoms. The van der Waals surface area contributed by atoms with Crippen molar-refractivity contribution in [3.8, 4) is 0 Å². The van der Waals surface area contributed by atoms with Crippen LogP contribution in [-0.4, -0.2) is 90.5 Å². The molecule has 1 aromatic heterocycles. The summed E-state index contributed by atoms with van der Waals surface area (Å²) in [5, 5.41) is 23.7. The van der Waals surface area contributed by atoms with Crippen LogP contribution in [0.3, 0.4) is 0 Å². The summed E-state index contributed by atoms with van der Waals surface area (Å²) in [5.41, 5.74) is 1.03. The third-order valence-electron chi connectivity index (χ3n) is 5.43. The van der Waals surface area contributed by atoms with Gasteiger partial charge in [0.05, 0.1) is 18.8 Å². The minimum Gasteiger partial charge on any atom is -0.394 e. The fourth-order valence-electron chi connectivity index (χ4n) is 3.86. The molecule has 3 heterocycles. The fourth-order valence-corrected chi connectivity index (χ4v) is 3.86. The van der Waals surface area contributed by atoms with E-state index in [1.807, 2.05) is 25.2 Å². The second-order valence-corrected chi connectivity index (χ2v) is 7.22. The number of pyridine rings is 1. The Morgan fingerprint density at radius 1 is 1.17 bits per heavy atom. The summed E-state index contributed by atoms with van der Waals surface area (Å²) in [7, 11) is 2.00. The zero-order chi connectivity index (χ0) is 18.4. The zero-order valence-electron chi connectivity index (χ0n) is 16.7. The first kappa shape index (κ1) is 28.8. The van der Waals surface area contributed by atoms with Crippen molar-refractivity contribution >= 4 is 37.2 Å². The van der Waals surface area contributed by atoms with Crippen LogP contribution < -0.4 is 5.32 Å². The van der Waals surface area contributed by atoms with Crippen LogP contribution in [0.5, 0.6) is 0 Å². The van der Waals surface area contributed by atoms with Gasteiger partial charge in [0.2, 0.25) is 0 Å². The molecule has 2 aliphatic rings. The number of rotatable bonds is 8. The summed E-state index contributed by atoms with van der Waals surface area (Å²) in [6, 6.07) is 6.18. The molecule has 2 fully saturated rings. The number of hydrogen-bond acceptors (Lipinski definition) is 7. The summed E-state index contributed by atoms with van der Waals surface area (Å²) in [4.78, 5) is 6.49. The molecule has 0 bridgehead atoms. The first-order chi connectivity index (χ1) is 12.7. The molecule has 0 spiro atoms. The monoisotopic (exact) mass is 473 g/mol. The molecule has 0 radical (unpaired) electrons. The number of halogens is 3. The van der Waals surface area contributed by atoms with E-state index in [1.54, 1.807) is 6.20 Å². The predicted octanol–water partition coefficient (Wildman–Crippen LogP) is 1.08. The third-order valence-corrected chi connectivity index (χ3v) is 5.43. The summed E-state index contributed by atoms with van der Waals surface area (Å²) in [5.74, 6) is 0. The molecule has 3 N–H and O–H groups in total. The predicted molar refractivity (Wildman–Crippen MR) is 120 cm³/mol. The zero-order valence-corrected chi connectivity index (χ0v) is 19.1. The summed E-state index contributed by atoms with van der Waals surface area (Å²) < 4.78 is 11.3. The molecule has 0 aromatic carbocycles. The third kappa shape index (κ3) is 8.09. The van der Waals surface area contributed by atoms with Crippen molar-refractivity contribution in [1.29, 1.82) is 0 Å². The maximum atomic E-state index is 10.6. The van der Waals surface area contributed by atoms with Gasteiger partial charge in [0, 0.05) is 50.7 Å². The van der Waals surface area contributed by atoms with E-state index in [0.29, 0.717) is 12.6 Å². The molecule has 2 saturated heterocycles. The smallest absolute Gasteiger partial charge is 0.109 e. The molecular formula is C19H34Cl3N3O4. The van der Waals surface area contributed by atoms with Gasteiger partial charge in [-0.2, -0.15) is 0 Å². The summed E-state index contributed by atoms with van der Waals surface area (Å²) in [6.45, 7) is 2.85. The minimum atomic E-state index is -0.699. The van der Waals surface area contributed by atoms with Crippen LogP contribution in [0, 0.1) is 0 Å². The van der Waals surface area contributed by atoms with Crippen molar-refractivity contribution in [1.82, 2.24) is 15.2 Å². The van der Waals surface area contributed by atoms with Gasteiger partial charge in [0.1, 0.15) is 12.2 Å². The van der Waals surface area contributed by atoms with Crippen LogP contribution in [0.4, 0.5) is 0 Å². The maximum absolute atomic E-state index is 10.6. The molecule has 4 atom stereocenters. The van der Waals surface area contributed by atoms with Crippen LogP contribution in [0.15, 0.2) is 24.4 Å². The Kier molecular flexibility index (Phi) is 14.6. The topological polar surface area (TPSA) is 87.1 Å². The fraction of sp³-hybridized carbons (Fsp3) is 0.737. The Morgan fingerprint density at radius 3 is 2.52 bits per heavy atom.